The van der Waals surface area contributed by atoms with Gasteiger partial charge in [-0.2, -0.15) is 0 Å². The number of morpholine rings is 1. The molecule has 156 valence electrons. The van der Waals surface area contributed by atoms with Gasteiger partial charge in [-0.05, 0) is 37.5 Å². The van der Waals surface area contributed by atoms with E-state index >= 15 is 0 Å². The molecule has 1 aromatic carbocycles. The first-order chi connectivity index (χ1) is 13.1. The van der Waals surface area contributed by atoms with E-state index in [1.165, 1.54) is 0 Å². The van der Waals surface area contributed by atoms with Crippen LogP contribution in [0.4, 0.5) is 0 Å². The molecule has 0 amide bonds. The van der Waals surface area contributed by atoms with Gasteiger partial charge < -0.3 is 9.30 Å². The smallest absolute Gasteiger partial charge is 0.180 e. The summed E-state index contributed by atoms with van der Waals surface area (Å²) >= 11 is 0. The van der Waals surface area contributed by atoms with Gasteiger partial charge in [-0.1, -0.05) is 20.8 Å². The van der Waals surface area contributed by atoms with Crippen LogP contribution in [0.5, 0.6) is 0 Å². The van der Waals surface area contributed by atoms with E-state index in [1.54, 1.807) is 26.0 Å². The fourth-order valence-electron chi connectivity index (χ4n) is 3.53. The molecule has 7 heteroatoms. The quantitative estimate of drug-likeness (QED) is 0.736. The Morgan fingerprint density at radius 3 is 2.43 bits per heavy atom. The summed E-state index contributed by atoms with van der Waals surface area (Å²) in [5, 5.41) is -0.442. The highest BCUT2D eigenvalue weighted by atomic mass is 32.2. The number of hydrogen-bond donors (Lipinski definition) is 0. The predicted molar refractivity (Wildman–Crippen MR) is 112 cm³/mol. The third-order valence-electron chi connectivity index (χ3n) is 5.18. The van der Waals surface area contributed by atoms with Crippen molar-refractivity contribution in [2.75, 3.05) is 32.8 Å². The molecule has 1 aliphatic heterocycles. The Balaban J connectivity index is 1.97. The highest BCUT2D eigenvalue weighted by molar-refractivity contribution is 7.92. The number of rotatable bonds is 6. The number of sulfone groups is 1. The summed E-state index contributed by atoms with van der Waals surface area (Å²) in [7, 11) is -3.31. The van der Waals surface area contributed by atoms with Gasteiger partial charge in [-0.3, -0.25) is 4.90 Å². The van der Waals surface area contributed by atoms with Crippen molar-refractivity contribution in [2.24, 2.45) is 5.41 Å². The van der Waals surface area contributed by atoms with Gasteiger partial charge in [0.25, 0.3) is 0 Å². The van der Waals surface area contributed by atoms with Crippen LogP contribution in [0.25, 0.3) is 11.0 Å². The van der Waals surface area contributed by atoms with Crippen LogP contribution in [0.15, 0.2) is 23.1 Å². The van der Waals surface area contributed by atoms with Gasteiger partial charge in [0.15, 0.2) is 9.84 Å². The van der Waals surface area contributed by atoms with Crippen LogP contribution in [0.2, 0.25) is 0 Å². The van der Waals surface area contributed by atoms with Crippen LogP contribution >= 0.6 is 0 Å². The van der Waals surface area contributed by atoms with Crippen LogP contribution in [-0.4, -0.2) is 61.0 Å². The first-order valence-electron chi connectivity index (χ1n) is 10.1. The first-order valence-corrected chi connectivity index (χ1v) is 11.7. The summed E-state index contributed by atoms with van der Waals surface area (Å²) in [6, 6.07) is 5.39. The molecule has 0 aliphatic carbocycles. The zero-order chi connectivity index (χ0) is 20.5. The molecule has 0 unspecified atom stereocenters. The molecule has 1 aromatic heterocycles. The van der Waals surface area contributed by atoms with E-state index < -0.39 is 15.1 Å². The van der Waals surface area contributed by atoms with Crippen LogP contribution in [0.1, 0.15) is 40.4 Å². The molecular weight excluding hydrogens is 374 g/mol. The fraction of sp³-hybridized carbons (Fsp3) is 0.667. The van der Waals surface area contributed by atoms with E-state index in [4.69, 9.17) is 9.72 Å². The van der Waals surface area contributed by atoms with Crippen molar-refractivity contribution in [1.29, 1.82) is 0 Å². The van der Waals surface area contributed by atoms with Crippen LogP contribution in [0, 0.1) is 5.41 Å². The Hall–Kier alpha value is -1.44. The van der Waals surface area contributed by atoms with Crippen LogP contribution in [0.3, 0.4) is 0 Å². The Bertz CT molecular complexity index is 920. The minimum absolute atomic E-state index is 0.102. The predicted octanol–water partition coefficient (Wildman–Crippen LogP) is 3.14. The van der Waals surface area contributed by atoms with Crippen molar-refractivity contribution < 1.29 is 13.2 Å². The molecule has 0 N–H and O–H groups in total. The van der Waals surface area contributed by atoms with E-state index in [-0.39, 0.29) is 5.41 Å². The minimum atomic E-state index is -3.31. The third kappa shape index (κ3) is 4.75. The maximum Gasteiger partial charge on any atom is 0.180 e. The van der Waals surface area contributed by atoms with Gasteiger partial charge in [0.2, 0.25) is 0 Å². The monoisotopic (exact) mass is 407 g/mol. The number of imidazole rings is 1. The third-order valence-corrected chi connectivity index (χ3v) is 7.33. The SMILES string of the molecule is CC(C)S(=O)(=O)c1ccc2c(c1)nc(CC(C)(C)C)n2CCN1CCOCC1. The van der Waals surface area contributed by atoms with Crippen LogP contribution < -0.4 is 0 Å². The number of hydrogen-bond acceptors (Lipinski definition) is 5. The zero-order valence-electron chi connectivity index (χ0n) is 17.7. The summed E-state index contributed by atoms with van der Waals surface area (Å²) in [6.45, 7) is 15.3. The van der Waals surface area contributed by atoms with Crippen molar-refractivity contribution >= 4 is 20.9 Å². The molecule has 0 spiro atoms. The van der Waals surface area contributed by atoms with Gasteiger partial charge in [-0.15, -0.1) is 0 Å². The summed E-state index contributed by atoms with van der Waals surface area (Å²) in [5.74, 6) is 1.02. The second-order valence-electron chi connectivity index (χ2n) is 9.12. The molecule has 28 heavy (non-hydrogen) atoms. The molecule has 6 nitrogen and oxygen atoms in total. The molecule has 2 aromatic rings. The maximum absolute atomic E-state index is 12.6. The molecular formula is C21H33N3O3S. The Labute approximate surface area is 168 Å². The van der Waals surface area contributed by atoms with Gasteiger partial charge in [-0.25, -0.2) is 13.4 Å². The molecule has 0 radical (unpaired) electrons. The highest BCUT2D eigenvalue weighted by Crippen LogP contribution is 2.27. The standard InChI is InChI=1S/C21H33N3O3S/c1-16(2)28(25,26)17-6-7-19-18(14-17)22-20(15-21(3,4)5)24(19)9-8-23-10-12-27-13-11-23/h6-7,14,16H,8-13,15H2,1-5H3. The molecule has 1 saturated heterocycles. The lowest BCUT2D eigenvalue weighted by Crippen LogP contribution is -2.38. The fourth-order valence-corrected chi connectivity index (χ4v) is 4.61. The van der Waals surface area contributed by atoms with E-state index in [0.29, 0.717) is 4.90 Å². The van der Waals surface area contributed by atoms with E-state index in [0.717, 1.165) is 62.7 Å². The van der Waals surface area contributed by atoms with E-state index in [9.17, 15) is 8.42 Å². The van der Waals surface area contributed by atoms with Gasteiger partial charge in [0.1, 0.15) is 5.82 Å². The van der Waals surface area contributed by atoms with Crippen molar-refractivity contribution in [3.05, 3.63) is 24.0 Å². The van der Waals surface area contributed by atoms with Gasteiger partial charge in [0.05, 0.1) is 34.4 Å². The molecule has 0 bridgehead atoms. The number of ether oxygens (including phenoxy) is 1. The molecule has 1 fully saturated rings. The molecule has 3 rings (SSSR count). The molecule has 0 saturated carbocycles. The summed E-state index contributed by atoms with van der Waals surface area (Å²) in [4.78, 5) is 7.62. The lowest BCUT2D eigenvalue weighted by Gasteiger charge is -2.27. The normalized spacial score (nSPS) is 16.9. The number of fused-ring (bicyclic) bond motifs is 1. The first kappa shape index (κ1) is 21.3. The van der Waals surface area contributed by atoms with Crippen molar-refractivity contribution in [1.82, 2.24) is 14.5 Å². The van der Waals surface area contributed by atoms with Gasteiger partial charge in [0, 0.05) is 32.6 Å². The topological polar surface area (TPSA) is 64.4 Å². The largest absolute Gasteiger partial charge is 0.379 e. The second-order valence-corrected chi connectivity index (χ2v) is 11.6. The Kier molecular flexibility index (Phi) is 6.17. The van der Waals surface area contributed by atoms with Crippen LogP contribution in [-0.2, 0) is 27.5 Å². The Morgan fingerprint density at radius 2 is 1.82 bits per heavy atom. The lowest BCUT2D eigenvalue weighted by molar-refractivity contribution is 0.0364. The zero-order valence-corrected chi connectivity index (χ0v) is 18.6. The number of nitrogens with zero attached hydrogens (tertiary/aromatic N) is 3. The molecule has 2 heterocycles. The van der Waals surface area contributed by atoms with Crippen molar-refractivity contribution in [3.63, 3.8) is 0 Å². The average molecular weight is 408 g/mol. The van der Waals surface area contributed by atoms with E-state index in [1.807, 2.05) is 6.07 Å². The Morgan fingerprint density at radius 1 is 1.14 bits per heavy atom. The highest BCUT2D eigenvalue weighted by Gasteiger charge is 2.23. The average Bonchev–Trinajstić information content (AvgIpc) is 2.95. The lowest BCUT2D eigenvalue weighted by atomic mass is 9.92. The summed E-state index contributed by atoms with van der Waals surface area (Å²) in [5.41, 5.74) is 1.88. The minimum Gasteiger partial charge on any atom is -0.379 e. The maximum atomic E-state index is 12.6. The summed E-state index contributed by atoms with van der Waals surface area (Å²) < 4.78 is 32.9. The van der Waals surface area contributed by atoms with Gasteiger partial charge >= 0.3 is 0 Å². The molecule has 0 atom stereocenters. The number of aromatic nitrogens is 2. The summed E-state index contributed by atoms with van der Waals surface area (Å²) in [6.07, 6.45) is 0.844. The van der Waals surface area contributed by atoms with Crippen molar-refractivity contribution in [2.45, 2.75) is 57.7 Å². The van der Waals surface area contributed by atoms with Crippen molar-refractivity contribution in [3.8, 4) is 0 Å². The number of benzene rings is 1. The second kappa shape index (κ2) is 8.13. The van der Waals surface area contributed by atoms with E-state index in [2.05, 4.69) is 30.2 Å². The molecule has 1 aliphatic rings.